The van der Waals surface area contributed by atoms with Gasteiger partial charge < -0.3 is 9.84 Å². The van der Waals surface area contributed by atoms with E-state index in [1.165, 1.54) is 6.92 Å². The van der Waals surface area contributed by atoms with Crippen LogP contribution < -0.4 is 4.74 Å². The van der Waals surface area contributed by atoms with Gasteiger partial charge >= 0.3 is 5.97 Å². The molecule has 2 rings (SSSR count). The van der Waals surface area contributed by atoms with E-state index in [0.29, 0.717) is 5.75 Å². The molecule has 5 nitrogen and oxygen atoms in total. The quantitative estimate of drug-likeness (QED) is 0.896. The minimum atomic E-state index is -0.990. The molecular formula is C13H14N2O3. The largest absolute Gasteiger partial charge is 0.479 e. The number of nitrogens with zero attached hydrogens (tertiary/aromatic N) is 2. The number of benzene rings is 1. The molecule has 94 valence electrons. The molecule has 0 aliphatic rings. The van der Waals surface area contributed by atoms with E-state index in [2.05, 4.69) is 5.10 Å². The zero-order chi connectivity index (χ0) is 13.1. The maximum absolute atomic E-state index is 10.7. The Kier molecular flexibility index (Phi) is 3.32. The lowest BCUT2D eigenvalue weighted by Crippen LogP contribution is -2.22. The van der Waals surface area contributed by atoms with Crippen molar-refractivity contribution in [2.75, 3.05) is 0 Å². The Morgan fingerprint density at radius 3 is 2.83 bits per heavy atom. The van der Waals surface area contributed by atoms with Crippen LogP contribution >= 0.6 is 0 Å². The molecule has 1 atom stereocenters. The summed E-state index contributed by atoms with van der Waals surface area (Å²) in [5.74, 6) is -0.481. The molecule has 0 spiro atoms. The molecule has 5 heteroatoms. The van der Waals surface area contributed by atoms with Crippen molar-refractivity contribution in [1.29, 1.82) is 0 Å². The van der Waals surface area contributed by atoms with Crippen LogP contribution in [-0.4, -0.2) is 27.0 Å². The summed E-state index contributed by atoms with van der Waals surface area (Å²) in [4.78, 5) is 10.7. The molecule has 0 aliphatic heterocycles. The number of carbonyl (C=O) groups is 1. The average molecular weight is 246 g/mol. The molecular weight excluding hydrogens is 232 g/mol. The summed E-state index contributed by atoms with van der Waals surface area (Å²) in [7, 11) is 0. The van der Waals surface area contributed by atoms with Crippen LogP contribution in [0.2, 0.25) is 0 Å². The second-order valence-electron chi connectivity index (χ2n) is 4.00. The molecule has 18 heavy (non-hydrogen) atoms. The van der Waals surface area contributed by atoms with Gasteiger partial charge in [-0.1, -0.05) is 6.07 Å². The number of hydrogen-bond acceptors (Lipinski definition) is 3. The molecule has 0 saturated heterocycles. The molecule has 0 aliphatic carbocycles. The van der Waals surface area contributed by atoms with Crippen molar-refractivity contribution in [1.82, 2.24) is 9.78 Å². The number of aryl methyl sites for hydroxylation is 1. The molecule has 0 radical (unpaired) electrons. The Morgan fingerprint density at radius 2 is 2.22 bits per heavy atom. The van der Waals surface area contributed by atoms with Gasteiger partial charge in [0, 0.05) is 12.3 Å². The van der Waals surface area contributed by atoms with Crippen LogP contribution in [0, 0.1) is 6.92 Å². The number of carboxylic acid groups (broad SMARTS) is 1. The van der Waals surface area contributed by atoms with Gasteiger partial charge in [0.05, 0.1) is 11.4 Å². The lowest BCUT2D eigenvalue weighted by molar-refractivity contribution is -0.144. The van der Waals surface area contributed by atoms with E-state index in [0.717, 1.165) is 11.4 Å². The average Bonchev–Trinajstić information content (AvgIpc) is 2.76. The van der Waals surface area contributed by atoms with Gasteiger partial charge in [0.2, 0.25) is 0 Å². The summed E-state index contributed by atoms with van der Waals surface area (Å²) in [6.45, 7) is 3.40. The van der Waals surface area contributed by atoms with Crippen LogP contribution in [0.3, 0.4) is 0 Å². The third kappa shape index (κ3) is 2.68. The number of hydrogen-bond donors (Lipinski definition) is 1. The van der Waals surface area contributed by atoms with Crippen LogP contribution in [0.25, 0.3) is 5.69 Å². The Labute approximate surface area is 105 Å². The van der Waals surface area contributed by atoms with E-state index in [1.807, 2.05) is 25.3 Å². The summed E-state index contributed by atoms with van der Waals surface area (Å²) in [5.41, 5.74) is 1.75. The zero-order valence-electron chi connectivity index (χ0n) is 10.2. The van der Waals surface area contributed by atoms with Crippen LogP contribution in [0.5, 0.6) is 5.75 Å². The normalized spacial score (nSPS) is 12.1. The summed E-state index contributed by atoms with van der Waals surface area (Å²) >= 11 is 0. The van der Waals surface area contributed by atoms with Crippen molar-refractivity contribution in [3.8, 4) is 11.4 Å². The first-order chi connectivity index (χ1) is 8.56. The Balaban J connectivity index is 2.22. The maximum Gasteiger partial charge on any atom is 0.344 e. The first kappa shape index (κ1) is 12.2. The Bertz CT molecular complexity index is 563. The second-order valence-corrected chi connectivity index (χ2v) is 4.00. The molecule has 1 aromatic heterocycles. The number of aromatic nitrogens is 2. The summed E-state index contributed by atoms with van der Waals surface area (Å²) in [5, 5.41) is 13.1. The minimum absolute atomic E-state index is 0.510. The number of carboxylic acids is 1. The third-order valence-electron chi connectivity index (χ3n) is 2.47. The van der Waals surface area contributed by atoms with Crippen LogP contribution in [0.15, 0.2) is 36.5 Å². The van der Waals surface area contributed by atoms with Gasteiger partial charge in [-0.2, -0.15) is 5.10 Å². The smallest absolute Gasteiger partial charge is 0.344 e. The van der Waals surface area contributed by atoms with Crippen molar-refractivity contribution < 1.29 is 14.6 Å². The highest BCUT2D eigenvalue weighted by Gasteiger charge is 2.12. The monoisotopic (exact) mass is 246 g/mol. The summed E-state index contributed by atoms with van der Waals surface area (Å²) in [6.07, 6.45) is 0.967. The van der Waals surface area contributed by atoms with E-state index in [-0.39, 0.29) is 0 Å². The van der Waals surface area contributed by atoms with E-state index in [1.54, 1.807) is 22.9 Å². The SMILES string of the molecule is Cc1ccn(-c2cccc(OC(C)C(=O)O)c2)n1. The number of rotatable bonds is 4. The lowest BCUT2D eigenvalue weighted by Gasteiger charge is -2.11. The van der Waals surface area contributed by atoms with Gasteiger partial charge in [-0.05, 0) is 32.0 Å². The van der Waals surface area contributed by atoms with Gasteiger partial charge in [-0.25, -0.2) is 9.48 Å². The Hall–Kier alpha value is -2.30. The zero-order valence-corrected chi connectivity index (χ0v) is 10.2. The highest BCUT2D eigenvalue weighted by molar-refractivity contribution is 5.72. The lowest BCUT2D eigenvalue weighted by atomic mass is 10.3. The molecule has 1 unspecified atom stereocenters. The molecule has 2 aromatic rings. The third-order valence-corrected chi connectivity index (χ3v) is 2.47. The summed E-state index contributed by atoms with van der Waals surface area (Å²) in [6, 6.07) is 9.06. The maximum atomic E-state index is 10.7. The fourth-order valence-electron chi connectivity index (χ4n) is 1.51. The standard InChI is InChI=1S/C13H14N2O3/c1-9-6-7-15(14-9)11-4-3-5-12(8-11)18-10(2)13(16)17/h3-8,10H,1-2H3,(H,16,17). The highest BCUT2D eigenvalue weighted by atomic mass is 16.5. The van der Waals surface area contributed by atoms with Crippen molar-refractivity contribution in [3.63, 3.8) is 0 Å². The van der Waals surface area contributed by atoms with Crippen LogP contribution in [-0.2, 0) is 4.79 Å². The van der Waals surface area contributed by atoms with Crippen molar-refractivity contribution >= 4 is 5.97 Å². The predicted octanol–water partition coefficient (Wildman–Crippen LogP) is 2.03. The fourth-order valence-corrected chi connectivity index (χ4v) is 1.51. The van der Waals surface area contributed by atoms with Crippen molar-refractivity contribution in [2.24, 2.45) is 0 Å². The van der Waals surface area contributed by atoms with Gasteiger partial charge in [0.25, 0.3) is 0 Å². The van der Waals surface area contributed by atoms with Crippen molar-refractivity contribution in [3.05, 3.63) is 42.2 Å². The van der Waals surface area contributed by atoms with Gasteiger partial charge in [0.1, 0.15) is 5.75 Å². The fraction of sp³-hybridized carbons (Fsp3) is 0.231. The van der Waals surface area contributed by atoms with E-state index in [4.69, 9.17) is 9.84 Å². The van der Waals surface area contributed by atoms with E-state index >= 15 is 0 Å². The van der Waals surface area contributed by atoms with Crippen LogP contribution in [0.1, 0.15) is 12.6 Å². The van der Waals surface area contributed by atoms with Gasteiger partial charge in [0.15, 0.2) is 6.10 Å². The summed E-state index contributed by atoms with van der Waals surface area (Å²) < 4.78 is 7.02. The molecule has 0 amide bonds. The van der Waals surface area contributed by atoms with E-state index < -0.39 is 12.1 Å². The molecule has 0 fully saturated rings. The molecule has 1 aromatic carbocycles. The predicted molar refractivity (Wildman–Crippen MR) is 66.0 cm³/mol. The van der Waals surface area contributed by atoms with E-state index in [9.17, 15) is 4.79 Å². The first-order valence-corrected chi connectivity index (χ1v) is 5.58. The second kappa shape index (κ2) is 4.91. The topological polar surface area (TPSA) is 64.3 Å². The minimum Gasteiger partial charge on any atom is -0.479 e. The first-order valence-electron chi connectivity index (χ1n) is 5.58. The molecule has 0 bridgehead atoms. The Morgan fingerprint density at radius 1 is 1.44 bits per heavy atom. The van der Waals surface area contributed by atoms with Crippen molar-refractivity contribution in [2.45, 2.75) is 20.0 Å². The van der Waals surface area contributed by atoms with Gasteiger partial charge in [-0.3, -0.25) is 0 Å². The van der Waals surface area contributed by atoms with Gasteiger partial charge in [-0.15, -0.1) is 0 Å². The molecule has 1 heterocycles. The molecule has 1 N–H and O–H groups in total. The number of aliphatic carboxylic acids is 1. The number of ether oxygens (including phenoxy) is 1. The highest BCUT2D eigenvalue weighted by Crippen LogP contribution is 2.17. The van der Waals surface area contributed by atoms with Crippen LogP contribution in [0.4, 0.5) is 0 Å². The molecule has 0 saturated carbocycles.